The number of hydrogen-bond donors (Lipinski definition) is 5. The molecule has 0 radical (unpaired) electrons. The Morgan fingerprint density at radius 3 is 2.35 bits per heavy atom. The Balaban J connectivity index is 1.84. The van der Waals surface area contributed by atoms with Gasteiger partial charge in [0.1, 0.15) is 23.9 Å². The normalized spacial score (nSPS) is 16.8. The molecule has 1 aliphatic heterocycles. The summed E-state index contributed by atoms with van der Waals surface area (Å²) < 4.78 is 41.6. The zero-order valence-corrected chi connectivity index (χ0v) is 26.6. The van der Waals surface area contributed by atoms with Gasteiger partial charge in [0.05, 0.1) is 23.6 Å². The average molecular weight is 663 g/mol. The molecular weight excluding hydrogens is 623 g/mol. The van der Waals surface area contributed by atoms with Crippen molar-refractivity contribution in [3.8, 4) is 5.75 Å². The second kappa shape index (κ2) is 16.1. The van der Waals surface area contributed by atoms with Crippen LogP contribution in [0, 0.1) is 0 Å². The monoisotopic (exact) mass is 662 g/mol. The molecule has 0 bridgehead atoms. The van der Waals surface area contributed by atoms with Gasteiger partial charge < -0.3 is 36.6 Å². The van der Waals surface area contributed by atoms with E-state index in [2.05, 4.69) is 21.3 Å². The van der Waals surface area contributed by atoms with Gasteiger partial charge >= 0.3 is 10.2 Å². The first-order chi connectivity index (χ1) is 21.8. The molecule has 46 heavy (non-hydrogen) atoms. The van der Waals surface area contributed by atoms with Gasteiger partial charge in [0.15, 0.2) is 0 Å². The van der Waals surface area contributed by atoms with Crippen LogP contribution in [0.3, 0.4) is 0 Å². The minimum Gasteiger partial charge on any atom is -0.496 e. The lowest BCUT2D eigenvalue weighted by Crippen LogP contribution is -2.62. The maximum atomic E-state index is 13.9. The molecule has 3 rings (SSSR count). The van der Waals surface area contributed by atoms with Gasteiger partial charge in [0, 0.05) is 19.5 Å². The van der Waals surface area contributed by atoms with Crippen LogP contribution in [-0.2, 0) is 35.8 Å². The van der Waals surface area contributed by atoms with Crippen molar-refractivity contribution in [3.05, 3.63) is 59.7 Å². The molecule has 250 valence electrons. The van der Waals surface area contributed by atoms with Crippen LogP contribution >= 0.6 is 0 Å². The molecule has 2 aromatic carbocycles. The van der Waals surface area contributed by atoms with Crippen molar-refractivity contribution in [1.29, 1.82) is 0 Å². The third kappa shape index (κ3) is 9.47. The number of methoxy groups -OCH3 is 1. The van der Waals surface area contributed by atoms with Gasteiger partial charge in [-0.3, -0.25) is 24.0 Å². The van der Waals surface area contributed by atoms with Crippen molar-refractivity contribution in [1.82, 2.24) is 26.2 Å². The molecule has 6 N–H and O–H groups in total. The summed E-state index contributed by atoms with van der Waals surface area (Å²) in [6.45, 7) is 1.23. The standard InChI is InChI=1S/C30H39FN6O8S/c1-18(33-2)27(39)36-23(17-34-28(40)21-16-20(46(31,43)44)12-13-25(21)45-3)30(42)37-14-8-7-11-24(37)29(41)35-22(26(32)38)15-19-9-5-4-6-10-19/h4-6,9-10,12-13,16,18,22-24,33H,7-8,11,14-15,17H2,1-3H3,(H2,32,38)(H,34,40)(H,35,41)(H,36,39)/t18-,22-,23-,24-/m0/s1. The number of nitrogens with one attached hydrogen (secondary N) is 4. The van der Waals surface area contributed by atoms with Crippen LogP contribution in [0.2, 0.25) is 0 Å². The number of piperidine rings is 1. The van der Waals surface area contributed by atoms with Crippen molar-refractivity contribution >= 4 is 39.8 Å². The SMILES string of the molecule is CN[C@@H](C)C(=O)N[C@@H](CNC(=O)c1cc(S(=O)(=O)F)ccc1OC)C(=O)N1CCCC[C@H]1C(=O)N[C@@H](Cc1ccccc1)C(N)=O. The van der Waals surface area contributed by atoms with Crippen molar-refractivity contribution in [2.75, 3.05) is 27.2 Å². The highest BCUT2D eigenvalue weighted by Gasteiger charge is 2.38. The van der Waals surface area contributed by atoms with Crippen molar-refractivity contribution in [3.63, 3.8) is 0 Å². The largest absolute Gasteiger partial charge is 0.496 e. The van der Waals surface area contributed by atoms with Gasteiger partial charge in [-0.15, -0.1) is 3.89 Å². The first-order valence-electron chi connectivity index (χ1n) is 14.6. The van der Waals surface area contributed by atoms with Crippen molar-refractivity contribution in [2.45, 2.75) is 61.7 Å². The molecule has 1 saturated heterocycles. The molecule has 1 heterocycles. The molecule has 16 heteroatoms. The van der Waals surface area contributed by atoms with Crippen LogP contribution in [0.1, 0.15) is 42.1 Å². The fraction of sp³-hybridized carbons (Fsp3) is 0.433. The number of hydrogen-bond acceptors (Lipinski definition) is 9. The maximum Gasteiger partial charge on any atom is 0.332 e. The molecule has 5 amide bonds. The fourth-order valence-corrected chi connectivity index (χ4v) is 5.43. The number of nitrogens with zero attached hydrogens (tertiary/aromatic N) is 1. The zero-order valence-electron chi connectivity index (χ0n) is 25.7. The van der Waals surface area contributed by atoms with Crippen LogP contribution in [0.5, 0.6) is 5.75 Å². The summed E-state index contributed by atoms with van der Waals surface area (Å²) in [5.41, 5.74) is 6.02. The highest BCUT2D eigenvalue weighted by Crippen LogP contribution is 2.24. The van der Waals surface area contributed by atoms with E-state index in [1.165, 1.54) is 19.1 Å². The Kier molecular flexibility index (Phi) is 12.6. The van der Waals surface area contributed by atoms with E-state index in [1.807, 2.05) is 6.07 Å². The Hall–Kier alpha value is -4.57. The number of carbonyl (C=O) groups excluding carboxylic acids is 5. The summed E-state index contributed by atoms with van der Waals surface area (Å²) >= 11 is 0. The highest BCUT2D eigenvalue weighted by molar-refractivity contribution is 7.86. The lowest BCUT2D eigenvalue weighted by molar-refractivity contribution is -0.145. The Bertz CT molecular complexity index is 1540. The van der Waals surface area contributed by atoms with E-state index in [-0.39, 0.29) is 30.7 Å². The number of ether oxygens (including phenoxy) is 1. The summed E-state index contributed by atoms with van der Waals surface area (Å²) in [6, 6.07) is 7.65. The van der Waals surface area contributed by atoms with Crippen LogP contribution in [0.15, 0.2) is 53.4 Å². The van der Waals surface area contributed by atoms with Crippen LogP contribution in [0.4, 0.5) is 3.89 Å². The number of primary amides is 1. The zero-order chi connectivity index (χ0) is 34.0. The van der Waals surface area contributed by atoms with Gasteiger partial charge in [0.2, 0.25) is 23.6 Å². The quantitative estimate of drug-likeness (QED) is 0.169. The highest BCUT2D eigenvalue weighted by atomic mass is 32.3. The number of likely N-dealkylation sites (N-methyl/N-ethyl adjacent to an activating group) is 1. The first kappa shape index (κ1) is 35.9. The van der Waals surface area contributed by atoms with Gasteiger partial charge in [0.25, 0.3) is 5.91 Å². The molecule has 0 spiro atoms. The molecule has 0 unspecified atom stereocenters. The third-order valence-electron chi connectivity index (χ3n) is 7.64. The van der Waals surface area contributed by atoms with Crippen molar-refractivity contribution < 1.29 is 41.0 Å². The minimum atomic E-state index is -5.14. The van der Waals surface area contributed by atoms with Crippen LogP contribution in [-0.4, -0.2) is 94.3 Å². The molecule has 2 aromatic rings. The number of amides is 5. The van der Waals surface area contributed by atoms with Gasteiger partial charge in [-0.05, 0) is 57.0 Å². The summed E-state index contributed by atoms with van der Waals surface area (Å²) in [5, 5.41) is 10.5. The molecule has 4 atom stereocenters. The fourth-order valence-electron chi connectivity index (χ4n) is 4.94. The summed E-state index contributed by atoms with van der Waals surface area (Å²) in [5.74, 6) is -3.57. The molecular formula is C30H39FN6O8S. The van der Waals surface area contributed by atoms with Gasteiger partial charge in [-0.1, -0.05) is 30.3 Å². The molecule has 14 nitrogen and oxygen atoms in total. The van der Waals surface area contributed by atoms with E-state index in [0.717, 1.165) is 23.8 Å². The van der Waals surface area contributed by atoms with E-state index in [4.69, 9.17) is 10.5 Å². The summed E-state index contributed by atoms with van der Waals surface area (Å²) in [4.78, 5) is 66.1. The number of halogens is 1. The van der Waals surface area contributed by atoms with E-state index in [0.29, 0.717) is 12.8 Å². The lowest BCUT2D eigenvalue weighted by atomic mass is 9.98. The summed E-state index contributed by atoms with van der Waals surface area (Å²) in [7, 11) is -2.38. The second-order valence-corrected chi connectivity index (χ2v) is 12.1. The topological polar surface area (TPSA) is 206 Å². The molecule has 1 aliphatic rings. The first-order valence-corrected chi connectivity index (χ1v) is 16.0. The molecule has 0 saturated carbocycles. The average Bonchev–Trinajstić information content (AvgIpc) is 3.04. The van der Waals surface area contributed by atoms with Crippen LogP contribution in [0.25, 0.3) is 0 Å². The Morgan fingerprint density at radius 2 is 1.74 bits per heavy atom. The minimum absolute atomic E-state index is 0.0621. The molecule has 0 aliphatic carbocycles. The van der Waals surface area contributed by atoms with E-state index in [9.17, 15) is 36.3 Å². The smallest absolute Gasteiger partial charge is 0.332 e. The lowest BCUT2D eigenvalue weighted by Gasteiger charge is -2.37. The molecule has 1 fully saturated rings. The number of benzene rings is 2. The number of likely N-dealkylation sites (tertiary alicyclic amines) is 1. The van der Waals surface area contributed by atoms with E-state index in [1.54, 1.807) is 31.2 Å². The maximum absolute atomic E-state index is 13.9. The third-order valence-corrected chi connectivity index (χ3v) is 8.45. The number of carbonyl (C=O) groups is 5. The van der Waals surface area contributed by atoms with E-state index >= 15 is 0 Å². The number of nitrogens with two attached hydrogens (primary N) is 1. The Labute approximate surface area is 266 Å². The molecule has 0 aromatic heterocycles. The van der Waals surface area contributed by atoms with Gasteiger partial charge in [-0.25, -0.2) is 0 Å². The second-order valence-electron chi connectivity index (χ2n) is 10.8. The van der Waals surface area contributed by atoms with Crippen molar-refractivity contribution in [2.24, 2.45) is 5.73 Å². The summed E-state index contributed by atoms with van der Waals surface area (Å²) in [6.07, 6.45) is 1.58. The van der Waals surface area contributed by atoms with Gasteiger partial charge in [-0.2, -0.15) is 8.42 Å². The predicted octanol–water partition coefficient (Wildman–Crippen LogP) is -0.230. The van der Waals surface area contributed by atoms with E-state index < -0.39 is 75.4 Å². The Morgan fingerprint density at radius 1 is 1.04 bits per heavy atom. The number of rotatable bonds is 14. The predicted molar refractivity (Wildman–Crippen MR) is 165 cm³/mol. The van der Waals surface area contributed by atoms with Crippen LogP contribution < -0.4 is 31.7 Å².